The first-order valence-corrected chi connectivity index (χ1v) is 13.1. The van der Waals surface area contributed by atoms with E-state index in [0.717, 1.165) is 17.2 Å². The lowest BCUT2D eigenvalue weighted by molar-refractivity contribution is -0.137. The number of rotatable bonds is 5. The summed E-state index contributed by atoms with van der Waals surface area (Å²) in [7, 11) is 3.13. The number of aromatic nitrogens is 2. The van der Waals surface area contributed by atoms with Gasteiger partial charge in [0.15, 0.2) is 0 Å². The molecule has 1 fully saturated rings. The van der Waals surface area contributed by atoms with Crippen molar-refractivity contribution in [2.45, 2.75) is 6.18 Å². The largest absolute Gasteiger partial charge is 0.497 e. The number of anilines is 1. The molecule has 1 aliphatic heterocycles. The zero-order valence-electron chi connectivity index (χ0n) is 22.5. The number of pyridine rings is 2. The highest BCUT2D eigenvalue weighted by Gasteiger charge is 2.36. The Morgan fingerprint density at radius 1 is 0.854 bits per heavy atom. The lowest BCUT2D eigenvalue weighted by Crippen LogP contribution is -2.44. The Kier molecular flexibility index (Phi) is 6.78. The van der Waals surface area contributed by atoms with Crippen molar-refractivity contribution in [3.63, 3.8) is 0 Å². The fourth-order valence-corrected chi connectivity index (χ4v) is 5.39. The van der Waals surface area contributed by atoms with Crippen LogP contribution >= 0.6 is 0 Å². The molecule has 1 saturated heterocycles. The van der Waals surface area contributed by atoms with Crippen LogP contribution < -0.4 is 25.2 Å². The van der Waals surface area contributed by atoms with E-state index < -0.39 is 17.3 Å². The van der Waals surface area contributed by atoms with Crippen LogP contribution in [0.3, 0.4) is 0 Å². The van der Waals surface area contributed by atoms with Gasteiger partial charge in [0, 0.05) is 61.0 Å². The zero-order chi connectivity index (χ0) is 28.7. The van der Waals surface area contributed by atoms with Crippen LogP contribution in [0.5, 0.6) is 11.5 Å². The lowest BCUT2D eigenvalue weighted by atomic mass is 10.0. The summed E-state index contributed by atoms with van der Waals surface area (Å²) in [5.41, 5.74) is 1.71. The van der Waals surface area contributed by atoms with Crippen LogP contribution in [0.2, 0.25) is 0 Å². The molecule has 10 heteroatoms. The molecule has 2 aromatic heterocycles. The van der Waals surface area contributed by atoms with E-state index in [4.69, 9.17) is 9.47 Å². The highest BCUT2D eigenvalue weighted by molar-refractivity contribution is 6.05. The van der Waals surface area contributed by atoms with E-state index in [1.165, 1.54) is 16.7 Å². The van der Waals surface area contributed by atoms with Crippen LogP contribution in [-0.2, 0) is 6.18 Å². The van der Waals surface area contributed by atoms with Crippen molar-refractivity contribution in [2.24, 2.45) is 0 Å². The normalized spacial score (nSPS) is 14.0. The Labute approximate surface area is 233 Å². The molecule has 0 unspecified atom stereocenters. The highest BCUT2D eigenvalue weighted by atomic mass is 19.4. The Bertz CT molecular complexity index is 1810. The second-order valence-corrected chi connectivity index (χ2v) is 9.84. The number of alkyl halides is 3. The van der Waals surface area contributed by atoms with Crippen LogP contribution in [0.15, 0.2) is 77.7 Å². The first-order valence-electron chi connectivity index (χ1n) is 13.1. The molecule has 0 aliphatic carbocycles. The number of hydrogen-bond acceptors (Lipinski definition) is 6. The Morgan fingerprint density at radius 3 is 2.27 bits per heavy atom. The van der Waals surface area contributed by atoms with Crippen LogP contribution in [0, 0.1) is 0 Å². The summed E-state index contributed by atoms with van der Waals surface area (Å²) in [6.45, 7) is 2.13. The molecule has 0 atom stereocenters. The summed E-state index contributed by atoms with van der Waals surface area (Å²) in [6.07, 6.45) is -2.98. The first-order chi connectivity index (χ1) is 19.8. The SMILES string of the molecule is COc1cc(OC)cc(-c2ccc3ncc4ccc(=O)n(-c5ccc(N6CCNCC6)c(C(F)(F)F)c5)c4c3c2)c1. The molecule has 0 saturated carbocycles. The minimum absolute atomic E-state index is 0.108. The van der Waals surface area contributed by atoms with Crippen molar-refractivity contribution < 1.29 is 22.6 Å². The third-order valence-corrected chi connectivity index (χ3v) is 7.40. The van der Waals surface area contributed by atoms with E-state index >= 15 is 0 Å². The van der Waals surface area contributed by atoms with Crippen LogP contribution in [-0.4, -0.2) is 49.9 Å². The van der Waals surface area contributed by atoms with Gasteiger partial charge in [0.2, 0.25) is 0 Å². The molecule has 1 N–H and O–H groups in total. The van der Waals surface area contributed by atoms with Gasteiger partial charge in [-0.3, -0.25) is 14.3 Å². The maximum Gasteiger partial charge on any atom is 0.418 e. The number of piperazine rings is 1. The van der Waals surface area contributed by atoms with Crippen molar-refractivity contribution in [3.05, 3.63) is 88.8 Å². The minimum atomic E-state index is -4.60. The number of fused-ring (bicyclic) bond motifs is 3. The van der Waals surface area contributed by atoms with Crippen molar-refractivity contribution in [1.29, 1.82) is 0 Å². The molecule has 0 radical (unpaired) electrons. The van der Waals surface area contributed by atoms with Gasteiger partial charge in [-0.05, 0) is 59.7 Å². The van der Waals surface area contributed by atoms with Crippen LogP contribution in [0.25, 0.3) is 38.6 Å². The molecule has 6 rings (SSSR count). The van der Waals surface area contributed by atoms with Crippen molar-refractivity contribution in [3.8, 4) is 28.3 Å². The van der Waals surface area contributed by atoms with Gasteiger partial charge in [-0.25, -0.2) is 0 Å². The quantitative estimate of drug-likeness (QED) is 0.280. The average Bonchev–Trinajstić information content (AvgIpc) is 3.00. The summed E-state index contributed by atoms with van der Waals surface area (Å²) in [5.74, 6) is 1.22. The van der Waals surface area contributed by atoms with E-state index in [1.54, 1.807) is 43.5 Å². The van der Waals surface area contributed by atoms with Crippen molar-refractivity contribution >= 4 is 27.5 Å². The molecule has 5 aromatic rings. The van der Waals surface area contributed by atoms with Crippen LogP contribution in [0.1, 0.15) is 5.56 Å². The Hall–Kier alpha value is -4.57. The minimum Gasteiger partial charge on any atom is -0.497 e. The molecular formula is C31H27F3N4O3. The topological polar surface area (TPSA) is 68.6 Å². The highest BCUT2D eigenvalue weighted by Crippen LogP contribution is 2.39. The molecule has 1 aliphatic rings. The Balaban J connectivity index is 1.59. The molecule has 3 heterocycles. The lowest BCUT2D eigenvalue weighted by Gasteiger charge is -2.32. The molecule has 210 valence electrons. The van der Waals surface area contributed by atoms with Gasteiger partial charge in [-0.1, -0.05) is 6.07 Å². The zero-order valence-corrected chi connectivity index (χ0v) is 22.5. The summed E-state index contributed by atoms with van der Waals surface area (Å²) in [4.78, 5) is 19.6. The van der Waals surface area contributed by atoms with E-state index in [2.05, 4.69) is 10.3 Å². The number of hydrogen-bond donors (Lipinski definition) is 1. The summed E-state index contributed by atoms with van der Waals surface area (Å²) in [6, 6.07) is 18.2. The van der Waals surface area contributed by atoms with Gasteiger partial charge >= 0.3 is 6.18 Å². The number of methoxy groups -OCH3 is 2. The summed E-state index contributed by atoms with van der Waals surface area (Å²) in [5, 5.41) is 4.41. The number of benzene rings is 3. The summed E-state index contributed by atoms with van der Waals surface area (Å²) < 4.78 is 55.3. The van der Waals surface area contributed by atoms with Crippen molar-refractivity contribution in [1.82, 2.24) is 14.9 Å². The maximum atomic E-state index is 14.4. The van der Waals surface area contributed by atoms with E-state index in [-0.39, 0.29) is 11.4 Å². The number of ether oxygens (including phenoxy) is 2. The van der Waals surface area contributed by atoms with Gasteiger partial charge in [0.1, 0.15) is 11.5 Å². The van der Waals surface area contributed by atoms with Gasteiger partial charge in [-0.2, -0.15) is 13.2 Å². The van der Waals surface area contributed by atoms with Gasteiger partial charge in [-0.15, -0.1) is 0 Å². The molecule has 0 spiro atoms. The van der Waals surface area contributed by atoms with Gasteiger partial charge < -0.3 is 19.7 Å². The second kappa shape index (κ2) is 10.4. The molecule has 7 nitrogen and oxygen atoms in total. The molecule has 0 bridgehead atoms. The fraction of sp³-hybridized carbons (Fsp3) is 0.226. The van der Waals surface area contributed by atoms with Gasteiger partial charge in [0.05, 0.1) is 36.5 Å². The third kappa shape index (κ3) is 4.95. The number of nitrogens with zero attached hydrogens (tertiary/aromatic N) is 3. The molecule has 3 aromatic carbocycles. The smallest absolute Gasteiger partial charge is 0.418 e. The monoisotopic (exact) mass is 560 g/mol. The van der Waals surface area contributed by atoms with Crippen LogP contribution in [0.4, 0.5) is 18.9 Å². The summed E-state index contributed by atoms with van der Waals surface area (Å²) >= 11 is 0. The van der Waals surface area contributed by atoms with E-state index in [1.807, 2.05) is 30.3 Å². The van der Waals surface area contributed by atoms with Gasteiger partial charge in [0.25, 0.3) is 5.56 Å². The van der Waals surface area contributed by atoms with E-state index in [9.17, 15) is 18.0 Å². The average molecular weight is 561 g/mol. The van der Waals surface area contributed by atoms with E-state index in [0.29, 0.717) is 59.5 Å². The molecular weight excluding hydrogens is 533 g/mol. The Morgan fingerprint density at radius 2 is 1.59 bits per heavy atom. The maximum absolute atomic E-state index is 14.4. The predicted molar refractivity (Wildman–Crippen MR) is 153 cm³/mol. The molecule has 41 heavy (non-hydrogen) atoms. The standard InChI is InChI=1S/C31H27F3N4O3/c1-40-23-13-21(14-24(17-23)41-2)19-3-6-27-25(15-19)30-20(18-36-27)4-8-29(39)38(30)22-5-7-28(26(16-22)31(32,33)34)37-11-9-35-10-12-37/h3-8,13-18,35H,9-12H2,1-2H3. The predicted octanol–water partition coefficient (Wildman–Crippen LogP) is 5.65. The number of halogens is 3. The third-order valence-electron chi connectivity index (χ3n) is 7.40. The second-order valence-electron chi connectivity index (χ2n) is 9.84. The first kappa shape index (κ1) is 26.6. The number of nitrogens with one attached hydrogen (secondary N) is 1. The van der Waals surface area contributed by atoms with Crippen molar-refractivity contribution in [2.75, 3.05) is 45.3 Å². The molecule has 0 amide bonds. The fourth-order valence-electron chi connectivity index (χ4n) is 5.39.